The van der Waals surface area contributed by atoms with Gasteiger partial charge in [0.2, 0.25) is 0 Å². The largest absolute Gasteiger partial charge is 0.491 e. The Labute approximate surface area is 139 Å². The number of benzene rings is 1. The molecule has 6 nitrogen and oxygen atoms in total. The van der Waals surface area contributed by atoms with Crippen LogP contribution in [0.2, 0.25) is 0 Å². The number of carbonyl (C=O) groups excluding carboxylic acids is 1. The normalized spacial score (nSPS) is 10.7. The monoisotopic (exact) mass is 333 g/mol. The Balaban J connectivity index is 2.43. The number of methoxy groups -OCH3 is 2. The molecule has 1 aromatic carbocycles. The van der Waals surface area contributed by atoms with Crippen molar-refractivity contribution in [3.05, 3.63) is 30.0 Å². The molecule has 0 bridgehead atoms. The summed E-state index contributed by atoms with van der Waals surface area (Å²) in [5.41, 5.74) is 6.64. The van der Waals surface area contributed by atoms with E-state index in [1.165, 1.54) is 14.2 Å². The summed E-state index contributed by atoms with van der Waals surface area (Å²) in [6, 6.07) is 7.77. The van der Waals surface area contributed by atoms with E-state index < -0.39 is 5.97 Å². The number of nitrogen functional groups attached to an aromatic ring is 1. The van der Waals surface area contributed by atoms with Crippen molar-refractivity contribution in [1.82, 2.24) is 9.97 Å². The second kappa shape index (κ2) is 7.32. The lowest BCUT2D eigenvalue weighted by molar-refractivity contribution is 0.0590. The van der Waals surface area contributed by atoms with Gasteiger partial charge in [-0.1, -0.05) is 26.0 Å². The van der Waals surface area contributed by atoms with Gasteiger partial charge in [0, 0.05) is 15.7 Å². The zero-order chi connectivity index (χ0) is 17.0. The third-order valence-corrected chi connectivity index (χ3v) is 3.97. The molecule has 7 heteroatoms. The Morgan fingerprint density at radius 1 is 1.17 bits per heavy atom. The molecule has 1 heterocycles. The highest BCUT2D eigenvalue weighted by Gasteiger charge is 2.21. The number of thioether (sulfide) groups is 1. The molecule has 2 rings (SSSR count). The van der Waals surface area contributed by atoms with Crippen LogP contribution < -0.4 is 10.5 Å². The standard InChI is InChI=1S/C16H19N3O3S/c1-9(2)23-11-7-5-10(6-8-11)15-18-12(16(20)22-4)13(21-3)14(17)19-15/h5-9H,1-4H3,(H2,17,18,19). The number of esters is 1. The summed E-state index contributed by atoms with van der Waals surface area (Å²) in [6.07, 6.45) is 0. The Kier molecular flexibility index (Phi) is 5.44. The maximum absolute atomic E-state index is 11.9. The fraction of sp³-hybridized carbons (Fsp3) is 0.312. The highest BCUT2D eigenvalue weighted by Crippen LogP contribution is 2.29. The van der Waals surface area contributed by atoms with Crippen LogP contribution in [0.3, 0.4) is 0 Å². The van der Waals surface area contributed by atoms with E-state index in [1.54, 1.807) is 11.8 Å². The summed E-state index contributed by atoms with van der Waals surface area (Å²) in [4.78, 5) is 21.5. The van der Waals surface area contributed by atoms with Crippen LogP contribution >= 0.6 is 11.8 Å². The molecule has 0 atom stereocenters. The van der Waals surface area contributed by atoms with E-state index in [2.05, 4.69) is 23.8 Å². The van der Waals surface area contributed by atoms with Gasteiger partial charge in [-0.3, -0.25) is 0 Å². The molecule has 0 amide bonds. The second-order valence-electron chi connectivity index (χ2n) is 5.00. The van der Waals surface area contributed by atoms with Gasteiger partial charge in [0.15, 0.2) is 23.1 Å². The molecule has 2 aromatic rings. The van der Waals surface area contributed by atoms with Gasteiger partial charge < -0.3 is 15.2 Å². The van der Waals surface area contributed by atoms with Crippen molar-refractivity contribution in [3.63, 3.8) is 0 Å². The van der Waals surface area contributed by atoms with Crippen LogP contribution in [0.5, 0.6) is 5.75 Å². The van der Waals surface area contributed by atoms with Gasteiger partial charge in [0.1, 0.15) is 0 Å². The van der Waals surface area contributed by atoms with Gasteiger partial charge >= 0.3 is 5.97 Å². The number of carbonyl (C=O) groups is 1. The second-order valence-corrected chi connectivity index (χ2v) is 6.65. The van der Waals surface area contributed by atoms with Crippen LogP contribution in [0.25, 0.3) is 11.4 Å². The maximum atomic E-state index is 11.9. The lowest BCUT2D eigenvalue weighted by atomic mass is 10.2. The SMILES string of the molecule is COC(=O)c1nc(-c2ccc(SC(C)C)cc2)nc(N)c1OC. The van der Waals surface area contributed by atoms with Crippen molar-refractivity contribution in [3.8, 4) is 17.1 Å². The Morgan fingerprint density at radius 3 is 2.35 bits per heavy atom. The van der Waals surface area contributed by atoms with Crippen LogP contribution in [-0.4, -0.2) is 35.4 Å². The van der Waals surface area contributed by atoms with Crippen molar-refractivity contribution in [2.75, 3.05) is 20.0 Å². The minimum atomic E-state index is -0.621. The smallest absolute Gasteiger partial charge is 0.360 e. The van der Waals surface area contributed by atoms with E-state index in [-0.39, 0.29) is 17.3 Å². The zero-order valence-electron chi connectivity index (χ0n) is 13.5. The van der Waals surface area contributed by atoms with Gasteiger partial charge in [-0.25, -0.2) is 14.8 Å². The van der Waals surface area contributed by atoms with Crippen molar-refractivity contribution in [2.24, 2.45) is 0 Å². The molecule has 0 aliphatic carbocycles. The molecule has 2 N–H and O–H groups in total. The summed E-state index contributed by atoms with van der Waals surface area (Å²) in [6.45, 7) is 4.27. The highest BCUT2D eigenvalue weighted by molar-refractivity contribution is 7.99. The van der Waals surface area contributed by atoms with Gasteiger partial charge in [0.05, 0.1) is 14.2 Å². The summed E-state index contributed by atoms with van der Waals surface area (Å²) in [5, 5.41) is 0.500. The summed E-state index contributed by atoms with van der Waals surface area (Å²) in [5.74, 6) is -0.0555. The molecule has 0 unspecified atom stereocenters. The van der Waals surface area contributed by atoms with Gasteiger partial charge in [-0.15, -0.1) is 11.8 Å². The number of nitrogens with zero attached hydrogens (tertiary/aromatic N) is 2. The molecule has 0 spiro atoms. The van der Waals surface area contributed by atoms with Crippen LogP contribution in [0.1, 0.15) is 24.3 Å². The zero-order valence-corrected chi connectivity index (χ0v) is 14.3. The van der Waals surface area contributed by atoms with Crippen molar-refractivity contribution in [2.45, 2.75) is 24.0 Å². The molecule has 0 aliphatic heterocycles. The van der Waals surface area contributed by atoms with E-state index in [9.17, 15) is 4.79 Å². The Bertz CT molecular complexity index is 702. The van der Waals surface area contributed by atoms with Crippen LogP contribution in [0.15, 0.2) is 29.2 Å². The molecular weight excluding hydrogens is 314 g/mol. The Morgan fingerprint density at radius 2 is 1.83 bits per heavy atom. The van der Waals surface area contributed by atoms with Crippen molar-refractivity contribution in [1.29, 1.82) is 0 Å². The Hall–Kier alpha value is -2.28. The molecule has 23 heavy (non-hydrogen) atoms. The first kappa shape index (κ1) is 17.1. The predicted octanol–water partition coefficient (Wildman–Crippen LogP) is 3.02. The van der Waals surface area contributed by atoms with E-state index >= 15 is 0 Å². The topological polar surface area (TPSA) is 87.3 Å². The number of hydrogen-bond acceptors (Lipinski definition) is 7. The maximum Gasteiger partial charge on any atom is 0.360 e. The van der Waals surface area contributed by atoms with Gasteiger partial charge in [-0.05, 0) is 12.1 Å². The molecule has 0 saturated carbocycles. The van der Waals surface area contributed by atoms with E-state index in [1.807, 2.05) is 24.3 Å². The summed E-state index contributed by atoms with van der Waals surface area (Å²) >= 11 is 1.76. The van der Waals surface area contributed by atoms with Crippen LogP contribution in [0, 0.1) is 0 Å². The van der Waals surface area contributed by atoms with E-state index in [0.717, 1.165) is 10.5 Å². The van der Waals surface area contributed by atoms with Crippen LogP contribution in [0.4, 0.5) is 5.82 Å². The summed E-state index contributed by atoms with van der Waals surface area (Å²) in [7, 11) is 2.68. The minimum Gasteiger partial charge on any atom is -0.491 e. The third-order valence-electron chi connectivity index (χ3n) is 2.96. The average Bonchev–Trinajstić information content (AvgIpc) is 2.53. The number of hydrogen-bond donors (Lipinski definition) is 1. The lowest BCUT2D eigenvalue weighted by Gasteiger charge is -2.11. The van der Waals surface area contributed by atoms with Crippen LogP contribution in [-0.2, 0) is 4.74 Å². The van der Waals surface area contributed by atoms with Crippen molar-refractivity contribution < 1.29 is 14.3 Å². The number of ether oxygens (including phenoxy) is 2. The number of nitrogens with two attached hydrogens (primary N) is 1. The molecule has 1 aromatic heterocycles. The molecular formula is C16H19N3O3S. The van der Waals surface area contributed by atoms with Gasteiger partial charge in [0.25, 0.3) is 0 Å². The molecule has 0 aliphatic rings. The lowest BCUT2D eigenvalue weighted by Crippen LogP contribution is -2.11. The molecule has 122 valence electrons. The number of aromatic nitrogens is 2. The number of anilines is 1. The average molecular weight is 333 g/mol. The molecule has 0 radical (unpaired) electrons. The third kappa shape index (κ3) is 3.92. The van der Waals surface area contributed by atoms with Gasteiger partial charge in [-0.2, -0.15) is 0 Å². The minimum absolute atomic E-state index is 0.0122. The van der Waals surface area contributed by atoms with E-state index in [4.69, 9.17) is 15.2 Å². The number of rotatable bonds is 5. The first-order valence-electron chi connectivity index (χ1n) is 7.03. The molecule has 0 fully saturated rings. The summed E-state index contributed by atoms with van der Waals surface area (Å²) < 4.78 is 9.82. The first-order chi connectivity index (χ1) is 11.0. The molecule has 0 saturated heterocycles. The van der Waals surface area contributed by atoms with Crippen molar-refractivity contribution >= 4 is 23.5 Å². The predicted molar refractivity (Wildman–Crippen MR) is 90.8 cm³/mol. The first-order valence-corrected chi connectivity index (χ1v) is 7.91. The fourth-order valence-electron chi connectivity index (χ4n) is 1.99. The van der Waals surface area contributed by atoms with E-state index in [0.29, 0.717) is 11.1 Å². The highest BCUT2D eigenvalue weighted by atomic mass is 32.2. The quantitative estimate of drug-likeness (QED) is 0.664. The fourth-order valence-corrected chi connectivity index (χ4v) is 2.83.